The molecule has 0 unspecified atom stereocenters. The van der Waals surface area contributed by atoms with Crippen molar-refractivity contribution in [2.45, 2.75) is 6.42 Å². The van der Waals surface area contributed by atoms with Gasteiger partial charge in [-0.15, -0.1) is 0 Å². The van der Waals surface area contributed by atoms with Gasteiger partial charge in [0.25, 0.3) is 0 Å². The van der Waals surface area contributed by atoms with Gasteiger partial charge in [0.05, 0.1) is 0 Å². The van der Waals surface area contributed by atoms with Gasteiger partial charge in [-0.25, -0.2) is 0 Å². The summed E-state index contributed by atoms with van der Waals surface area (Å²) in [5.41, 5.74) is 3.80. The van der Waals surface area contributed by atoms with Gasteiger partial charge >= 0.3 is 0 Å². The fraction of sp³-hybridized carbons (Fsp3) is 0.0500. The van der Waals surface area contributed by atoms with E-state index in [9.17, 15) is 4.79 Å². The second-order valence-corrected chi connectivity index (χ2v) is 5.01. The Morgan fingerprint density at radius 1 is 0.667 bits per heavy atom. The number of hydrogen-bond donors (Lipinski definition) is 0. The largest absolute Gasteiger partial charge is 0.289 e. The molecule has 0 saturated heterocycles. The first-order valence-corrected chi connectivity index (χ1v) is 7.06. The molecule has 0 aliphatic heterocycles. The lowest BCUT2D eigenvalue weighted by Crippen LogP contribution is -2.05. The zero-order valence-corrected chi connectivity index (χ0v) is 11.7. The van der Waals surface area contributed by atoms with Crippen molar-refractivity contribution in [3.8, 4) is 0 Å². The Hall–Kier alpha value is -2.67. The van der Waals surface area contributed by atoms with E-state index >= 15 is 0 Å². The molecule has 0 fully saturated rings. The molecule has 0 amide bonds. The van der Waals surface area contributed by atoms with Gasteiger partial charge in [-0.3, -0.25) is 4.79 Å². The summed E-state index contributed by atoms with van der Waals surface area (Å²) in [4.78, 5) is 12.7. The van der Waals surface area contributed by atoms with Crippen LogP contribution in [0.15, 0.2) is 84.9 Å². The van der Waals surface area contributed by atoms with Crippen LogP contribution in [-0.2, 0) is 6.42 Å². The minimum atomic E-state index is 0.0853. The molecule has 3 aromatic rings. The third kappa shape index (κ3) is 3.09. The molecule has 0 aliphatic carbocycles. The van der Waals surface area contributed by atoms with Crippen molar-refractivity contribution in [2.75, 3.05) is 0 Å². The quantitative estimate of drug-likeness (QED) is 0.639. The van der Waals surface area contributed by atoms with Crippen LogP contribution in [-0.4, -0.2) is 5.78 Å². The highest BCUT2D eigenvalue weighted by molar-refractivity contribution is 6.09. The number of benzene rings is 3. The Balaban J connectivity index is 1.95. The Morgan fingerprint density at radius 2 is 1.24 bits per heavy atom. The van der Waals surface area contributed by atoms with Crippen LogP contribution >= 0.6 is 0 Å². The average Bonchev–Trinajstić information content (AvgIpc) is 2.56. The molecule has 0 aromatic heterocycles. The zero-order chi connectivity index (χ0) is 14.5. The lowest BCUT2D eigenvalue weighted by Gasteiger charge is -2.09. The summed E-state index contributed by atoms with van der Waals surface area (Å²) in [6.07, 6.45) is 0.773. The van der Waals surface area contributed by atoms with Gasteiger partial charge in [0.2, 0.25) is 0 Å². The number of carbonyl (C=O) groups is 1. The zero-order valence-electron chi connectivity index (χ0n) is 11.7. The van der Waals surface area contributed by atoms with Crippen LogP contribution in [0, 0.1) is 0 Å². The fourth-order valence-corrected chi connectivity index (χ4v) is 2.46. The molecule has 21 heavy (non-hydrogen) atoms. The van der Waals surface area contributed by atoms with Crippen LogP contribution in [0.4, 0.5) is 0 Å². The second-order valence-electron chi connectivity index (χ2n) is 5.01. The second kappa shape index (κ2) is 6.19. The molecule has 0 aliphatic rings. The van der Waals surface area contributed by atoms with Crippen molar-refractivity contribution in [1.29, 1.82) is 0 Å². The average molecular weight is 272 g/mol. The summed E-state index contributed by atoms with van der Waals surface area (Å²) in [6, 6.07) is 27.5. The Kier molecular flexibility index (Phi) is 3.92. The van der Waals surface area contributed by atoms with E-state index in [0.717, 1.165) is 23.1 Å². The molecule has 0 radical (unpaired) electrons. The minimum absolute atomic E-state index is 0.0853. The third-order valence-corrected chi connectivity index (χ3v) is 3.54. The van der Waals surface area contributed by atoms with Crippen molar-refractivity contribution in [1.82, 2.24) is 0 Å². The minimum Gasteiger partial charge on any atom is -0.289 e. The molecule has 3 rings (SSSR count). The first kappa shape index (κ1) is 13.3. The molecule has 102 valence electrons. The highest BCUT2D eigenvalue weighted by Gasteiger charge is 2.12. The molecule has 0 atom stereocenters. The smallest absolute Gasteiger partial charge is 0.193 e. The van der Waals surface area contributed by atoms with Crippen molar-refractivity contribution in [3.63, 3.8) is 0 Å². The van der Waals surface area contributed by atoms with Crippen molar-refractivity contribution >= 4 is 5.78 Å². The SMILES string of the molecule is O=C(c1ccccc1)c1ccccc1Cc1ccccc1. The molecule has 0 saturated carbocycles. The lowest BCUT2D eigenvalue weighted by molar-refractivity contribution is 0.103. The van der Waals surface area contributed by atoms with E-state index in [2.05, 4.69) is 12.1 Å². The molecule has 1 nitrogen and oxygen atoms in total. The molecule has 0 heterocycles. The summed E-state index contributed by atoms with van der Waals surface area (Å²) in [6.45, 7) is 0. The van der Waals surface area contributed by atoms with E-state index < -0.39 is 0 Å². The van der Waals surface area contributed by atoms with Gasteiger partial charge in [0.15, 0.2) is 5.78 Å². The first-order valence-electron chi connectivity index (χ1n) is 7.06. The Morgan fingerprint density at radius 3 is 1.95 bits per heavy atom. The Bertz CT molecular complexity index is 730. The standard InChI is InChI=1S/C20H16O/c21-20(17-11-5-2-6-12-17)19-14-8-7-13-18(19)15-16-9-3-1-4-10-16/h1-14H,15H2. The van der Waals surface area contributed by atoms with Crippen LogP contribution in [0.1, 0.15) is 27.0 Å². The molecule has 0 bridgehead atoms. The van der Waals surface area contributed by atoms with Gasteiger partial charge in [-0.05, 0) is 17.5 Å². The highest BCUT2D eigenvalue weighted by atomic mass is 16.1. The Labute approximate surface area is 124 Å². The van der Waals surface area contributed by atoms with E-state index in [1.807, 2.05) is 72.8 Å². The summed E-state index contributed by atoms with van der Waals surface area (Å²) in [5.74, 6) is 0.0853. The monoisotopic (exact) mass is 272 g/mol. The van der Waals surface area contributed by atoms with Gasteiger partial charge in [-0.1, -0.05) is 84.9 Å². The van der Waals surface area contributed by atoms with Crippen LogP contribution in [0.25, 0.3) is 0 Å². The van der Waals surface area contributed by atoms with Crippen LogP contribution < -0.4 is 0 Å². The maximum absolute atomic E-state index is 12.7. The molecular formula is C20H16O. The van der Waals surface area contributed by atoms with Crippen LogP contribution in [0.3, 0.4) is 0 Å². The topological polar surface area (TPSA) is 17.1 Å². The summed E-state index contributed by atoms with van der Waals surface area (Å²) in [5, 5.41) is 0. The molecule has 3 aromatic carbocycles. The van der Waals surface area contributed by atoms with Gasteiger partial charge in [-0.2, -0.15) is 0 Å². The van der Waals surface area contributed by atoms with E-state index in [0.29, 0.717) is 0 Å². The lowest BCUT2D eigenvalue weighted by atomic mass is 9.94. The predicted molar refractivity (Wildman–Crippen MR) is 85.6 cm³/mol. The first-order chi connectivity index (χ1) is 10.3. The number of rotatable bonds is 4. The van der Waals surface area contributed by atoms with E-state index in [-0.39, 0.29) is 5.78 Å². The van der Waals surface area contributed by atoms with Crippen molar-refractivity contribution < 1.29 is 4.79 Å². The van der Waals surface area contributed by atoms with Crippen LogP contribution in [0.5, 0.6) is 0 Å². The summed E-state index contributed by atoms with van der Waals surface area (Å²) >= 11 is 0. The van der Waals surface area contributed by atoms with Crippen molar-refractivity contribution in [2.24, 2.45) is 0 Å². The number of hydrogen-bond acceptors (Lipinski definition) is 1. The van der Waals surface area contributed by atoms with Crippen LogP contribution in [0.2, 0.25) is 0 Å². The highest BCUT2D eigenvalue weighted by Crippen LogP contribution is 2.18. The molecule has 0 N–H and O–H groups in total. The van der Waals surface area contributed by atoms with Gasteiger partial charge in [0, 0.05) is 11.1 Å². The van der Waals surface area contributed by atoms with E-state index in [1.165, 1.54) is 5.56 Å². The normalized spacial score (nSPS) is 10.3. The number of carbonyl (C=O) groups excluding carboxylic acids is 1. The molecular weight excluding hydrogens is 256 g/mol. The summed E-state index contributed by atoms with van der Waals surface area (Å²) < 4.78 is 0. The summed E-state index contributed by atoms with van der Waals surface area (Å²) in [7, 11) is 0. The van der Waals surface area contributed by atoms with Gasteiger partial charge < -0.3 is 0 Å². The van der Waals surface area contributed by atoms with E-state index in [1.54, 1.807) is 0 Å². The fourth-order valence-electron chi connectivity index (χ4n) is 2.46. The maximum Gasteiger partial charge on any atom is 0.193 e. The van der Waals surface area contributed by atoms with Gasteiger partial charge in [0.1, 0.15) is 0 Å². The van der Waals surface area contributed by atoms with E-state index in [4.69, 9.17) is 0 Å². The maximum atomic E-state index is 12.7. The molecule has 1 heteroatoms. The van der Waals surface area contributed by atoms with Crippen molar-refractivity contribution in [3.05, 3.63) is 107 Å². The third-order valence-electron chi connectivity index (χ3n) is 3.54. The molecule has 0 spiro atoms. The predicted octanol–water partition coefficient (Wildman–Crippen LogP) is 4.51. The number of ketones is 1.